The smallest absolute Gasteiger partial charge is 0.0909 e. The van der Waals surface area contributed by atoms with E-state index >= 15 is 0 Å². The molecule has 0 aromatic heterocycles. The summed E-state index contributed by atoms with van der Waals surface area (Å²) in [6.07, 6.45) is 0. The van der Waals surface area contributed by atoms with Crippen molar-refractivity contribution in [3.8, 4) is 0 Å². The van der Waals surface area contributed by atoms with Gasteiger partial charge in [-0.05, 0) is 14.1 Å². The van der Waals surface area contributed by atoms with Crippen molar-refractivity contribution < 1.29 is 4.48 Å². The van der Waals surface area contributed by atoms with Gasteiger partial charge in [0.25, 0.3) is 0 Å². The summed E-state index contributed by atoms with van der Waals surface area (Å²) in [4.78, 5) is 0. The molecule has 13 heavy (non-hydrogen) atoms. The molecule has 0 spiro atoms. The molecule has 0 unspecified atom stereocenters. The van der Waals surface area contributed by atoms with Gasteiger partial charge in [0.15, 0.2) is 0 Å². The minimum atomic E-state index is 0. The Morgan fingerprint density at radius 1 is 0.846 bits per heavy atom. The van der Waals surface area contributed by atoms with Gasteiger partial charge in [0.05, 0.1) is 27.2 Å². The van der Waals surface area contributed by atoms with Gasteiger partial charge < -0.3 is 15.1 Å². The van der Waals surface area contributed by atoms with Crippen LogP contribution in [0.25, 0.3) is 0 Å². The van der Waals surface area contributed by atoms with Crippen molar-refractivity contribution in [3.63, 3.8) is 0 Å². The Morgan fingerprint density at radius 2 is 1.15 bits per heavy atom. The van der Waals surface area contributed by atoms with Crippen molar-refractivity contribution in [1.29, 1.82) is 0 Å². The van der Waals surface area contributed by atoms with Crippen LogP contribution in [-0.2, 0) is 0 Å². The van der Waals surface area contributed by atoms with E-state index in [1.54, 1.807) is 0 Å². The maximum atomic E-state index is 3.16. The molecule has 0 aromatic rings. The Hall–Kier alpha value is -0.120. The van der Waals surface area contributed by atoms with Gasteiger partial charge >= 0.3 is 0 Å². The Balaban J connectivity index is -0.000000500. The molecule has 0 aromatic carbocycles. The quantitative estimate of drug-likeness (QED) is 0.608. The molecule has 3 nitrogen and oxygen atoms in total. The summed E-state index contributed by atoms with van der Waals surface area (Å²) in [6.45, 7) is 4.57. The fourth-order valence-electron chi connectivity index (χ4n) is 0.941. The second-order valence-corrected chi connectivity index (χ2v) is 3.59. The van der Waals surface area contributed by atoms with Crippen LogP contribution in [0.2, 0.25) is 0 Å². The van der Waals surface area contributed by atoms with E-state index < -0.39 is 0 Å². The molecule has 2 N–H and O–H groups in total. The molecule has 0 rings (SSSR count). The molecular formula is C10H30N3+. The normalized spacial score (nSPS) is 10.2. The van der Waals surface area contributed by atoms with Crippen molar-refractivity contribution in [2.75, 3.05) is 54.4 Å². The molecule has 0 aliphatic carbocycles. The monoisotopic (exact) mass is 192 g/mol. The standard InChI is InChI=1S/C8H22N3.2CH4/c1-9-5-7-11(3,4)8-6-10-2;;/h9-10H,5-8H2,1-4H3;2*1H4/q+1;;. The lowest BCUT2D eigenvalue weighted by Crippen LogP contribution is -2.47. The molecule has 0 heterocycles. The predicted molar refractivity (Wildman–Crippen MR) is 63.2 cm³/mol. The first-order valence-electron chi connectivity index (χ1n) is 4.23. The molecule has 0 bridgehead atoms. The van der Waals surface area contributed by atoms with Crippen molar-refractivity contribution in [3.05, 3.63) is 0 Å². The third kappa shape index (κ3) is 11.9. The van der Waals surface area contributed by atoms with E-state index in [9.17, 15) is 0 Å². The summed E-state index contributed by atoms with van der Waals surface area (Å²) in [6, 6.07) is 0. The van der Waals surface area contributed by atoms with Crippen LogP contribution >= 0.6 is 0 Å². The first-order valence-corrected chi connectivity index (χ1v) is 4.23. The number of nitrogens with zero attached hydrogens (tertiary/aromatic N) is 1. The van der Waals surface area contributed by atoms with Crippen LogP contribution in [0, 0.1) is 0 Å². The zero-order valence-electron chi connectivity index (χ0n) is 8.28. The number of hydrogen-bond donors (Lipinski definition) is 2. The maximum absolute atomic E-state index is 3.16. The van der Waals surface area contributed by atoms with Crippen molar-refractivity contribution in [2.45, 2.75) is 14.9 Å². The van der Waals surface area contributed by atoms with E-state index in [4.69, 9.17) is 0 Å². The molecule has 0 amide bonds. The summed E-state index contributed by atoms with van der Waals surface area (Å²) in [5.41, 5.74) is 0. The summed E-state index contributed by atoms with van der Waals surface area (Å²) in [5, 5.41) is 6.33. The summed E-state index contributed by atoms with van der Waals surface area (Å²) in [5.74, 6) is 0. The van der Waals surface area contributed by atoms with Crippen LogP contribution in [0.4, 0.5) is 0 Å². The summed E-state index contributed by atoms with van der Waals surface area (Å²) >= 11 is 0. The molecule has 0 fully saturated rings. The van der Waals surface area contributed by atoms with Crippen LogP contribution in [-0.4, -0.2) is 58.9 Å². The third-order valence-electron chi connectivity index (χ3n) is 1.93. The Morgan fingerprint density at radius 3 is 1.38 bits per heavy atom. The highest BCUT2D eigenvalue weighted by Gasteiger charge is 2.11. The lowest BCUT2D eigenvalue weighted by molar-refractivity contribution is -0.887. The molecule has 0 atom stereocenters. The molecule has 0 aliphatic heterocycles. The van der Waals surface area contributed by atoms with Gasteiger partial charge in [0.1, 0.15) is 0 Å². The lowest BCUT2D eigenvalue weighted by atomic mass is 10.4. The number of nitrogens with one attached hydrogen (secondary N) is 2. The Kier molecular flexibility index (Phi) is 14.3. The highest BCUT2D eigenvalue weighted by atomic mass is 15.3. The predicted octanol–water partition coefficient (Wildman–Crippen LogP) is 0.774. The topological polar surface area (TPSA) is 24.1 Å². The van der Waals surface area contributed by atoms with Crippen LogP contribution in [0.1, 0.15) is 14.9 Å². The lowest BCUT2D eigenvalue weighted by Gasteiger charge is -2.29. The van der Waals surface area contributed by atoms with Gasteiger partial charge in [-0.2, -0.15) is 0 Å². The van der Waals surface area contributed by atoms with Gasteiger partial charge in [-0.25, -0.2) is 0 Å². The van der Waals surface area contributed by atoms with Gasteiger partial charge in [0.2, 0.25) is 0 Å². The molecule has 0 saturated heterocycles. The van der Waals surface area contributed by atoms with E-state index in [-0.39, 0.29) is 14.9 Å². The van der Waals surface area contributed by atoms with E-state index in [0.717, 1.165) is 17.6 Å². The average molecular weight is 192 g/mol. The van der Waals surface area contributed by atoms with E-state index in [1.807, 2.05) is 14.1 Å². The van der Waals surface area contributed by atoms with Crippen LogP contribution in [0.3, 0.4) is 0 Å². The van der Waals surface area contributed by atoms with Crippen molar-refractivity contribution in [2.24, 2.45) is 0 Å². The molecule has 0 saturated carbocycles. The minimum Gasteiger partial charge on any atom is -0.326 e. The van der Waals surface area contributed by atoms with Crippen LogP contribution in [0.15, 0.2) is 0 Å². The fourth-order valence-corrected chi connectivity index (χ4v) is 0.941. The third-order valence-corrected chi connectivity index (χ3v) is 1.93. The Bertz CT molecular complexity index is 82.2. The number of rotatable bonds is 6. The van der Waals surface area contributed by atoms with Crippen molar-refractivity contribution in [1.82, 2.24) is 10.6 Å². The average Bonchev–Trinajstić information content (AvgIpc) is 1.97. The van der Waals surface area contributed by atoms with E-state index in [0.29, 0.717) is 0 Å². The molecule has 84 valence electrons. The zero-order valence-corrected chi connectivity index (χ0v) is 8.28. The van der Waals surface area contributed by atoms with Crippen LogP contribution in [0.5, 0.6) is 0 Å². The minimum absolute atomic E-state index is 0. The number of likely N-dealkylation sites (N-methyl/N-ethyl adjacent to an activating group) is 3. The van der Waals surface area contributed by atoms with Gasteiger partial charge in [-0.3, -0.25) is 0 Å². The molecule has 0 radical (unpaired) electrons. The Labute approximate surface area is 85.1 Å². The first-order chi connectivity index (χ1) is 5.12. The van der Waals surface area contributed by atoms with Gasteiger partial charge in [-0.15, -0.1) is 0 Å². The fraction of sp³-hybridized carbons (Fsp3) is 1.00. The highest BCUT2D eigenvalue weighted by molar-refractivity contribution is 4.41. The SMILES string of the molecule is C.C.CNCC[N+](C)(C)CCNC. The largest absolute Gasteiger partial charge is 0.326 e. The summed E-state index contributed by atoms with van der Waals surface area (Å²) in [7, 11) is 8.51. The van der Waals surface area contributed by atoms with Crippen LogP contribution < -0.4 is 10.6 Å². The molecule has 0 aliphatic rings. The number of hydrogen-bond acceptors (Lipinski definition) is 2. The zero-order chi connectivity index (χ0) is 8.74. The molecule has 3 heteroatoms. The van der Waals surface area contributed by atoms with E-state index in [2.05, 4.69) is 24.7 Å². The van der Waals surface area contributed by atoms with E-state index in [1.165, 1.54) is 13.1 Å². The first kappa shape index (κ1) is 18.6. The number of quaternary nitrogens is 1. The highest BCUT2D eigenvalue weighted by Crippen LogP contribution is 1.92. The second-order valence-electron chi connectivity index (χ2n) is 3.59. The second kappa shape index (κ2) is 9.96. The van der Waals surface area contributed by atoms with Gasteiger partial charge in [-0.1, -0.05) is 14.9 Å². The maximum Gasteiger partial charge on any atom is 0.0909 e. The van der Waals surface area contributed by atoms with Gasteiger partial charge in [0, 0.05) is 13.1 Å². The molecular weight excluding hydrogens is 162 g/mol. The van der Waals surface area contributed by atoms with Crippen molar-refractivity contribution >= 4 is 0 Å². The summed E-state index contributed by atoms with van der Waals surface area (Å²) < 4.78 is 1.08.